The molecule has 0 saturated carbocycles. The Labute approximate surface area is 97.7 Å². The average Bonchev–Trinajstić information content (AvgIpc) is 2.47. The number of hydrogen-bond donors (Lipinski definition) is 0. The maximum Gasteiger partial charge on any atom is 0.163 e. The van der Waals surface area contributed by atoms with Crippen LogP contribution in [-0.4, -0.2) is 12.4 Å². The van der Waals surface area contributed by atoms with Gasteiger partial charge in [-0.25, -0.2) is 0 Å². The first-order valence-electron chi connectivity index (χ1n) is 4.64. The predicted molar refractivity (Wildman–Crippen MR) is 63.0 cm³/mol. The summed E-state index contributed by atoms with van der Waals surface area (Å²) in [5.74, 6) is -0.437. The van der Waals surface area contributed by atoms with Crippen molar-refractivity contribution in [3.63, 3.8) is 0 Å². The fourth-order valence-corrected chi connectivity index (χ4v) is 1.89. The Morgan fingerprint density at radius 1 is 1.29 bits per heavy atom. The molecule has 0 spiro atoms. The first-order valence-corrected chi connectivity index (χ1v) is 5.72. The van der Waals surface area contributed by atoms with E-state index in [9.17, 15) is 0 Å². The summed E-state index contributed by atoms with van der Waals surface area (Å²) < 4.78 is 12.5. The Hall–Kier alpha value is -0.130. The minimum Gasteiger partial charge on any atom is -0.347 e. The number of halogens is 1. The van der Waals surface area contributed by atoms with Crippen molar-refractivity contribution in [1.82, 2.24) is 0 Å². The zero-order valence-corrected chi connectivity index (χ0v) is 10.4. The van der Waals surface area contributed by atoms with Gasteiger partial charge >= 0.3 is 0 Å². The van der Waals surface area contributed by atoms with Gasteiger partial charge in [-0.1, -0.05) is 12.1 Å². The van der Waals surface area contributed by atoms with E-state index in [1.54, 1.807) is 0 Å². The Bertz CT molecular complexity index is 319. The van der Waals surface area contributed by atoms with Crippen molar-refractivity contribution in [1.29, 1.82) is 0 Å². The molecule has 1 atom stereocenters. The molecule has 0 N–H and O–H groups in total. The predicted octanol–water partition coefficient (Wildman–Crippen LogP) is 3.12. The molecule has 3 heteroatoms. The van der Waals surface area contributed by atoms with E-state index in [1.807, 2.05) is 13.8 Å². The van der Waals surface area contributed by atoms with Crippen molar-refractivity contribution < 1.29 is 9.47 Å². The minimum atomic E-state index is -0.437. The van der Waals surface area contributed by atoms with Crippen LogP contribution in [0.3, 0.4) is 0 Å². The van der Waals surface area contributed by atoms with Gasteiger partial charge in [0, 0.05) is 3.57 Å². The number of ether oxygens (including phenoxy) is 2. The fourth-order valence-electron chi connectivity index (χ4n) is 1.53. The molecule has 1 aliphatic rings. The molecule has 2 nitrogen and oxygen atoms in total. The van der Waals surface area contributed by atoms with Crippen LogP contribution >= 0.6 is 22.6 Å². The van der Waals surface area contributed by atoms with Crippen LogP contribution in [0.25, 0.3) is 0 Å². The van der Waals surface area contributed by atoms with E-state index in [1.165, 1.54) is 9.13 Å². The molecule has 0 amide bonds. The van der Waals surface area contributed by atoms with Gasteiger partial charge in [0.1, 0.15) is 6.10 Å². The molecule has 1 aromatic carbocycles. The fraction of sp³-hybridized carbons (Fsp3) is 0.455. The standard InChI is InChI=1S/C11H13IO2/c1-11(2)13-7-10(14-11)8-3-5-9(12)6-4-8/h3-6,10H,7H2,1-2H3/t10-/m1/s1. The molecule has 0 aromatic heterocycles. The highest BCUT2D eigenvalue weighted by Gasteiger charge is 2.33. The van der Waals surface area contributed by atoms with Crippen LogP contribution in [0.1, 0.15) is 25.5 Å². The first-order chi connectivity index (χ1) is 6.57. The van der Waals surface area contributed by atoms with Crippen LogP contribution in [-0.2, 0) is 9.47 Å². The van der Waals surface area contributed by atoms with Crippen LogP contribution in [0, 0.1) is 3.57 Å². The Kier molecular flexibility index (Phi) is 2.81. The van der Waals surface area contributed by atoms with Crippen molar-refractivity contribution in [2.45, 2.75) is 25.7 Å². The lowest BCUT2D eigenvalue weighted by molar-refractivity contribution is -0.139. The van der Waals surface area contributed by atoms with E-state index in [0.717, 1.165) is 0 Å². The highest BCUT2D eigenvalue weighted by Crippen LogP contribution is 2.32. The lowest BCUT2D eigenvalue weighted by Crippen LogP contribution is -2.19. The molecule has 1 heterocycles. The average molecular weight is 304 g/mol. The van der Waals surface area contributed by atoms with E-state index in [4.69, 9.17) is 9.47 Å². The molecule has 0 bridgehead atoms. The third kappa shape index (κ3) is 2.27. The van der Waals surface area contributed by atoms with E-state index in [2.05, 4.69) is 46.9 Å². The number of rotatable bonds is 1. The molecule has 1 saturated heterocycles. The molecule has 0 radical (unpaired) electrons. The van der Waals surface area contributed by atoms with Crippen LogP contribution < -0.4 is 0 Å². The second kappa shape index (κ2) is 3.79. The van der Waals surface area contributed by atoms with Gasteiger partial charge in [-0.2, -0.15) is 0 Å². The Morgan fingerprint density at radius 3 is 2.43 bits per heavy atom. The molecule has 14 heavy (non-hydrogen) atoms. The zero-order chi connectivity index (χ0) is 10.2. The Morgan fingerprint density at radius 2 is 1.93 bits per heavy atom. The van der Waals surface area contributed by atoms with Gasteiger partial charge in [0.25, 0.3) is 0 Å². The summed E-state index contributed by atoms with van der Waals surface area (Å²) >= 11 is 2.29. The van der Waals surface area contributed by atoms with Gasteiger partial charge in [0.2, 0.25) is 0 Å². The summed E-state index contributed by atoms with van der Waals surface area (Å²) in [6.07, 6.45) is 0.0852. The quantitative estimate of drug-likeness (QED) is 0.742. The van der Waals surface area contributed by atoms with E-state index >= 15 is 0 Å². The number of hydrogen-bond acceptors (Lipinski definition) is 2. The van der Waals surface area contributed by atoms with Gasteiger partial charge < -0.3 is 9.47 Å². The summed E-state index contributed by atoms with van der Waals surface area (Å²) in [5, 5.41) is 0. The maximum atomic E-state index is 5.75. The molecular weight excluding hydrogens is 291 g/mol. The van der Waals surface area contributed by atoms with E-state index in [-0.39, 0.29) is 6.10 Å². The second-order valence-corrected chi connectivity index (χ2v) is 5.11. The molecule has 0 unspecified atom stereocenters. The van der Waals surface area contributed by atoms with Crippen molar-refractivity contribution in [2.24, 2.45) is 0 Å². The van der Waals surface area contributed by atoms with Gasteiger partial charge in [0.05, 0.1) is 6.61 Å². The largest absolute Gasteiger partial charge is 0.347 e. The lowest BCUT2D eigenvalue weighted by Gasteiger charge is -2.17. The van der Waals surface area contributed by atoms with Gasteiger partial charge in [0.15, 0.2) is 5.79 Å². The molecule has 2 rings (SSSR count). The third-order valence-electron chi connectivity index (χ3n) is 2.25. The molecule has 1 aromatic rings. The van der Waals surface area contributed by atoms with Crippen LogP contribution in [0.4, 0.5) is 0 Å². The first kappa shape index (κ1) is 10.4. The second-order valence-electron chi connectivity index (χ2n) is 3.87. The summed E-state index contributed by atoms with van der Waals surface area (Å²) in [6, 6.07) is 8.36. The monoisotopic (exact) mass is 304 g/mol. The highest BCUT2D eigenvalue weighted by molar-refractivity contribution is 14.1. The minimum absolute atomic E-state index is 0.0852. The van der Waals surface area contributed by atoms with Crippen molar-refractivity contribution in [3.05, 3.63) is 33.4 Å². The van der Waals surface area contributed by atoms with Crippen molar-refractivity contribution in [2.75, 3.05) is 6.61 Å². The summed E-state index contributed by atoms with van der Waals surface area (Å²) in [4.78, 5) is 0. The molecular formula is C11H13IO2. The Balaban J connectivity index is 2.14. The molecule has 0 aliphatic carbocycles. The van der Waals surface area contributed by atoms with Crippen LogP contribution in [0.5, 0.6) is 0 Å². The van der Waals surface area contributed by atoms with Crippen molar-refractivity contribution in [3.8, 4) is 0 Å². The summed E-state index contributed by atoms with van der Waals surface area (Å²) in [6.45, 7) is 4.53. The summed E-state index contributed by atoms with van der Waals surface area (Å²) in [7, 11) is 0. The zero-order valence-electron chi connectivity index (χ0n) is 8.29. The normalized spacial score (nSPS) is 25.2. The van der Waals surface area contributed by atoms with Crippen LogP contribution in [0.15, 0.2) is 24.3 Å². The van der Waals surface area contributed by atoms with Gasteiger partial charge in [-0.15, -0.1) is 0 Å². The highest BCUT2D eigenvalue weighted by atomic mass is 127. The smallest absolute Gasteiger partial charge is 0.163 e. The molecule has 1 fully saturated rings. The van der Waals surface area contributed by atoms with Gasteiger partial charge in [-0.3, -0.25) is 0 Å². The molecule has 1 aliphatic heterocycles. The third-order valence-corrected chi connectivity index (χ3v) is 2.97. The van der Waals surface area contributed by atoms with Crippen molar-refractivity contribution >= 4 is 22.6 Å². The van der Waals surface area contributed by atoms with Gasteiger partial charge in [-0.05, 0) is 54.1 Å². The SMILES string of the molecule is CC1(C)OC[C@H](c2ccc(I)cc2)O1. The maximum absolute atomic E-state index is 5.75. The topological polar surface area (TPSA) is 18.5 Å². The molecule has 76 valence electrons. The summed E-state index contributed by atoms with van der Waals surface area (Å²) in [5.41, 5.74) is 1.19. The van der Waals surface area contributed by atoms with E-state index < -0.39 is 5.79 Å². The number of benzene rings is 1. The van der Waals surface area contributed by atoms with Crippen LogP contribution in [0.2, 0.25) is 0 Å². The lowest BCUT2D eigenvalue weighted by atomic mass is 10.1. The van der Waals surface area contributed by atoms with E-state index in [0.29, 0.717) is 6.61 Å².